The highest BCUT2D eigenvalue weighted by molar-refractivity contribution is 7.89. The van der Waals surface area contributed by atoms with Crippen LogP contribution in [0.1, 0.15) is 23.2 Å². The maximum atomic E-state index is 13.5. The Morgan fingerprint density at radius 3 is 2.43 bits per heavy atom. The number of ether oxygens (including phenoxy) is 1. The molecule has 3 aromatic rings. The van der Waals surface area contributed by atoms with Crippen LogP contribution in [0.25, 0.3) is 17.0 Å². The summed E-state index contributed by atoms with van der Waals surface area (Å²) in [6, 6.07) is 14.9. The van der Waals surface area contributed by atoms with Gasteiger partial charge in [0, 0.05) is 36.8 Å². The van der Waals surface area contributed by atoms with Crippen molar-refractivity contribution < 1.29 is 13.2 Å². The number of benzene rings is 2. The molecule has 0 amide bonds. The molecule has 2 aromatic carbocycles. The number of hydrogen-bond acceptors (Lipinski definition) is 3. The maximum Gasteiger partial charge on any atom is 0.243 e. The van der Waals surface area contributed by atoms with E-state index in [0.717, 1.165) is 27.7 Å². The Kier molecular flexibility index (Phi) is 6.92. The summed E-state index contributed by atoms with van der Waals surface area (Å²) < 4.78 is 35.8. The Morgan fingerprint density at radius 1 is 1.10 bits per heavy atom. The number of hydrogen-bond donors (Lipinski definition) is 0. The second kappa shape index (κ2) is 9.43. The van der Waals surface area contributed by atoms with Gasteiger partial charge in [-0.25, -0.2) is 8.42 Å². The first-order valence-electron chi connectivity index (χ1n) is 9.83. The van der Waals surface area contributed by atoms with Crippen molar-refractivity contribution in [3.8, 4) is 0 Å². The van der Waals surface area contributed by atoms with E-state index in [-0.39, 0.29) is 11.4 Å². The standard InChI is InChI=1S/C24H28N2O3S/c1-5-7-16-25(30(27,28)20-14-12-19(3)13-15-20)17-22-21-10-8-9-11-24(21)26(18-29-4)23(22)6-2/h5-6,8-15H,1-2,7,16-18H2,3-4H3. The zero-order valence-electron chi connectivity index (χ0n) is 17.5. The van der Waals surface area contributed by atoms with Crippen molar-refractivity contribution >= 4 is 27.0 Å². The Balaban J connectivity index is 2.12. The molecule has 0 atom stereocenters. The molecule has 0 aliphatic carbocycles. The number of rotatable bonds is 10. The Hall–Kier alpha value is -2.67. The summed E-state index contributed by atoms with van der Waals surface area (Å²) in [5.74, 6) is 0. The molecule has 1 aromatic heterocycles. The van der Waals surface area contributed by atoms with Gasteiger partial charge in [0.15, 0.2) is 0 Å². The van der Waals surface area contributed by atoms with Gasteiger partial charge in [0.1, 0.15) is 6.73 Å². The van der Waals surface area contributed by atoms with E-state index in [4.69, 9.17) is 4.74 Å². The molecule has 6 heteroatoms. The third-order valence-electron chi connectivity index (χ3n) is 5.15. The molecule has 0 spiro atoms. The fourth-order valence-corrected chi connectivity index (χ4v) is 5.04. The minimum absolute atomic E-state index is 0.239. The molecule has 0 N–H and O–H groups in total. The first-order valence-corrected chi connectivity index (χ1v) is 11.3. The van der Waals surface area contributed by atoms with Gasteiger partial charge in [0.05, 0.1) is 10.4 Å². The lowest BCUT2D eigenvalue weighted by Gasteiger charge is -2.22. The number of methoxy groups -OCH3 is 1. The van der Waals surface area contributed by atoms with Crippen LogP contribution in [-0.2, 0) is 28.0 Å². The first kappa shape index (κ1) is 22.0. The van der Waals surface area contributed by atoms with Crippen LogP contribution in [0.2, 0.25) is 0 Å². The van der Waals surface area contributed by atoms with Crippen LogP contribution in [0.15, 0.2) is 72.7 Å². The van der Waals surface area contributed by atoms with E-state index in [0.29, 0.717) is 19.7 Å². The van der Waals surface area contributed by atoms with Crippen LogP contribution < -0.4 is 0 Å². The fourth-order valence-electron chi connectivity index (χ4n) is 3.62. The summed E-state index contributed by atoms with van der Waals surface area (Å²) in [7, 11) is -2.04. The molecule has 3 rings (SSSR count). The van der Waals surface area contributed by atoms with Crippen LogP contribution in [0.5, 0.6) is 0 Å². The third kappa shape index (κ3) is 4.26. The number of aryl methyl sites for hydroxylation is 1. The zero-order chi connectivity index (χ0) is 21.7. The molecule has 0 saturated carbocycles. The van der Waals surface area contributed by atoms with Gasteiger partial charge in [0.25, 0.3) is 0 Å². The average molecular weight is 425 g/mol. The summed E-state index contributed by atoms with van der Waals surface area (Å²) >= 11 is 0. The van der Waals surface area contributed by atoms with Gasteiger partial charge in [-0.2, -0.15) is 4.31 Å². The lowest BCUT2D eigenvalue weighted by Crippen LogP contribution is -2.31. The smallest absolute Gasteiger partial charge is 0.243 e. The molecular formula is C24H28N2O3S. The van der Waals surface area contributed by atoms with Gasteiger partial charge < -0.3 is 9.30 Å². The lowest BCUT2D eigenvalue weighted by molar-refractivity contribution is 0.134. The molecule has 0 radical (unpaired) electrons. The van der Waals surface area contributed by atoms with Gasteiger partial charge in [-0.05, 0) is 37.6 Å². The lowest BCUT2D eigenvalue weighted by atomic mass is 10.1. The predicted octanol–water partition coefficient (Wildman–Crippen LogP) is 4.96. The SMILES string of the molecule is C=CCCN(Cc1c(C=C)n(COC)c2ccccc12)S(=O)(=O)c1ccc(C)cc1. The van der Waals surface area contributed by atoms with E-state index in [1.165, 1.54) is 4.31 Å². The monoisotopic (exact) mass is 424 g/mol. The molecule has 1 heterocycles. The van der Waals surface area contributed by atoms with E-state index in [9.17, 15) is 8.42 Å². The molecule has 0 saturated heterocycles. The number of nitrogens with zero attached hydrogens (tertiary/aromatic N) is 2. The van der Waals surface area contributed by atoms with E-state index in [1.807, 2.05) is 47.9 Å². The summed E-state index contributed by atoms with van der Waals surface area (Å²) in [6.07, 6.45) is 4.06. The third-order valence-corrected chi connectivity index (χ3v) is 7.01. The molecular weight excluding hydrogens is 396 g/mol. The number of aromatic nitrogens is 1. The Labute approximate surface area is 178 Å². The van der Waals surface area contributed by atoms with Gasteiger partial charge >= 0.3 is 0 Å². The molecule has 0 aliphatic rings. The normalized spacial score (nSPS) is 11.8. The van der Waals surface area contributed by atoms with Gasteiger partial charge in [-0.1, -0.05) is 48.6 Å². The van der Waals surface area contributed by atoms with Crippen LogP contribution in [0, 0.1) is 6.92 Å². The highest BCUT2D eigenvalue weighted by atomic mass is 32.2. The first-order chi connectivity index (χ1) is 14.4. The second-order valence-corrected chi connectivity index (χ2v) is 9.10. The van der Waals surface area contributed by atoms with E-state index in [2.05, 4.69) is 13.2 Å². The van der Waals surface area contributed by atoms with E-state index in [1.54, 1.807) is 31.4 Å². The number of sulfonamides is 1. The van der Waals surface area contributed by atoms with Crippen molar-refractivity contribution in [2.45, 2.75) is 31.5 Å². The van der Waals surface area contributed by atoms with Crippen molar-refractivity contribution in [2.75, 3.05) is 13.7 Å². The highest BCUT2D eigenvalue weighted by Crippen LogP contribution is 2.30. The van der Waals surface area contributed by atoms with Crippen molar-refractivity contribution in [1.82, 2.24) is 8.87 Å². The Morgan fingerprint density at radius 2 is 1.80 bits per heavy atom. The topological polar surface area (TPSA) is 51.5 Å². The van der Waals surface area contributed by atoms with Crippen molar-refractivity contribution in [1.29, 1.82) is 0 Å². The van der Waals surface area contributed by atoms with Crippen LogP contribution >= 0.6 is 0 Å². The van der Waals surface area contributed by atoms with E-state index < -0.39 is 10.0 Å². The Bertz CT molecular complexity index is 1150. The molecule has 158 valence electrons. The van der Waals surface area contributed by atoms with Gasteiger partial charge in [0.2, 0.25) is 10.0 Å². The van der Waals surface area contributed by atoms with Crippen molar-refractivity contribution in [3.63, 3.8) is 0 Å². The van der Waals surface area contributed by atoms with Crippen molar-refractivity contribution in [3.05, 3.63) is 84.6 Å². The minimum Gasteiger partial charge on any atom is -0.364 e. The molecule has 0 fully saturated rings. The summed E-state index contributed by atoms with van der Waals surface area (Å²) in [4.78, 5) is 0.290. The zero-order valence-corrected chi connectivity index (χ0v) is 18.4. The highest BCUT2D eigenvalue weighted by Gasteiger charge is 2.27. The van der Waals surface area contributed by atoms with Crippen molar-refractivity contribution in [2.24, 2.45) is 0 Å². The van der Waals surface area contributed by atoms with Gasteiger partial charge in [-0.15, -0.1) is 6.58 Å². The van der Waals surface area contributed by atoms with Crippen LogP contribution in [-0.4, -0.2) is 30.9 Å². The molecule has 0 unspecified atom stereocenters. The predicted molar refractivity (Wildman–Crippen MR) is 123 cm³/mol. The summed E-state index contributed by atoms with van der Waals surface area (Å²) in [6.45, 7) is 10.6. The molecule has 0 bridgehead atoms. The van der Waals surface area contributed by atoms with Crippen LogP contribution in [0.4, 0.5) is 0 Å². The largest absolute Gasteiger partial charge is 0.364 e. The fraction of sp³-hybridized carbons (Fsp3) is 0.250. The number of para-hydroxylation sites is 1. The molecule has 5 nitrogen and oxygen atoms in total. The quantitative estimate of drug-likeness (QED) is 0.432. The molecule has 0 aliphatic heterocycles. The van der Waals surface area contributed by atoms with Crippen LogP contribution in [0.3, 0.4) is 0 Å². The van der Waals surface area contributed by atoms with Gasteiger partial charge in [-0.3, -0.25) is 0 Å². The van der Waals surface area contributed by atoms with E-state index >= 15 is 0 Å². The number of fused-ring (bicyclic) bond motifs is 1. The minimum atomic E-state index is -3.67. The second-order valence-electron chi connectivity index (χ2n) is 7.16. The summed E-state index contributed by atoms with van der Waals surface area (Å²) in [5.41, 5.74) is 3.78. The summed E-state index contributed by atoms with van der Waals surface area (Å²) in [5, 5.41) is 0.993. The average Bonchev–Trinajstić information content (AvgIpc) is 3.04. The molecule has 30 heavy (non-hydrogen) atoms. The maximum absolute atomic E-state index is 13.5.